The minimum atomic E-state index is 0.740. The monoisotopic (exact) mass is 234 g/mol. The van der Waals surface area contributed by atoms with Gasteiger partial charge in [0.2, 0.25) is 0 Å². The molecule has 3 nitrogen and oxygen atoms in total. The number of anilines is 1. The highest BCUT2D eigenvalue weighted by Gasteiger charge is 2.23. The minimum Gasteiger partial charge on any atom is -0.492 e. The van der Waals surface area contributed by atoms with Crippen LogP contribution in [0.2, 0.25) is 0 Å². The van der Waals surface area contributed by atoms with Crippen LogP contribution in [0.25, 0.3) is 0 Å². The fraction of sp³-hybridized carbons (Fsp3) is 0.571. The normalized spacial score (nSPS) is 15.2. The van der Waals surface area contributed by atoms with Crippen molar-refractivity contribution in [3.63, 3.8) is 0 Å². The van der Waals surface area contributed by atoms with Crippen molar-refractivity contribution in [3.8, 4) is 5.75 Å². The van der Waals surface area contributed by atoms with Gasteiger partial charge in [-0.1, -0.05) is 13.0 Å². The summed E-state index contributed by atoms with van der Waals surface area (Å²) in [5.74, 6) is 1.81. The molecule has 2 rings (SSSR count). The van der Waals surface area contributed by atoms with Gasteiger partial charge in [-0.25, -0.2) is 0 Å². The van der Waals surface area contributed by atoms with E-state index in [1.54, 1.807) is 0 Å². The third-order valence-electron chi connectivity index (χ3n) is 3.19. The summed E-state index contributed by atoms with van der Waals surface area (Å²) >= 11 is 0. The maximum Gasteiger partial charge on any atom is 0.121 e. The molecular formula is C14H22N2O. The maximum absolute atomic E-state index is 5.70. The largest absolute Gasteiger partial charge is 0.492 e. The number of likely N-dealkylation sites (N-methyl/N-ethyl adjacent to an activating group) is 1. The number of rotatable bonds is 7. The molecule has 3 heteroatoms. The summed E-state index contributed by atoms with van der Waals surface area (Å²) in [4.78, 5) is 2.46. The van der Waals surface area contributed by atoms with E-state index in [0.29, 0.717) is 0 Å². The Morgan fingerprint density at radius 3 is 2.88 bits per heavy atom. The third-order valence-corrected chi connectivity index (χ3v) is 3.19. The standard InChI is InChI=1S/C14H22N2O/c1-2-16(11-12-6-7-12)8-9-17-14-5-3-4-13(15)10-14/h3-5,10,12H,2,6-9,11,15H2,1H3. The highest BCUT2D eigenvalue weighted by molar-refractivity contribution is 5.43. The second kappa shape index (κ2) is 5.92. The summed E-state index contributed by atoms with van der Waals surface area (Å²) in [7, 11) is 0. The van der Waals surface area contributed by atoms with Crippen molar-refractivity contribution in [2.45, 2.75) is 19.8 Å². The van der Waals surface area contributed by atoms with Gasteiger partial charge >= 0.3 is 0 Å². The Morgan fingerprint density at radius 1 is 1.41 bits per heavy atom. The zero-order valence-corrected chi connectivity index (χ0v) is 10.6. The predicted molar refractivity (Wildman–Crippen MR) is 71.2 cm³/mol. The van der Waals surface area contributed by atoms with Gasteiger partial charge in [-0.05, 0) is 37.4 Å². The fourth-order valence-electron chi connectivity index (χ4n) is 1.94. The van der Waals surface area contributed by atoms with Crippen molar-refractivity contribution in [1.29, 1.82) is 0 Å². The summed E-state index contributed by atoms with van der Waals surface area (Å²) in [6.45, 7) is 6.29. The van der Waals surface area contributed by atoms with E-state index in [1.165, 1.54) is 19.4 Å². The number of benzene rings is 1. The average molecular weight is 234 g/mol. The molecule has 1 aliphatic carbocycles. The van der Waals surface area contributed by atoms with E-state index in [2.05, 4.69) is 11.8 Å². The number of hydrogen-bond donors (Lipinski definition) is 1. The first kappa shape index (κ1) is 12.2. The Labute approximate surface area is 104 Å². The second-order valence-electron chi connectivity index (χ2n) is 4.76. The molecule has 1 aromatic carbocycles. The summed E-state index contributed by atoms with van der Waals surface area (Å²) in [6, 6.07) is 7.62. The molecule has 0 unspecified atom stereocenters. The van der Waals surface area contributed by atoms with Gasteiger partial charge in [0.05, 0.1) is 0 Å². The van der Waals surface area contributed by atoms with Crippen LogP contribution in [0.1, 0.15) is 19.8 Å². The Bertz CT molecular complexity index is 350. The number of nitrogen functional groups attached to an aromatic ring is 1. The lowest BCUT2D eigenvalue weighted by molar-refractivity contribution is 0.210. The zero-order valence-electron chi connectivity index (χ0n) is 10.6. The number of hydrogen-bond acceptors (Lipinski definition) is 3. The summed E-state index contributed by atoms with van der Waals surface area (Å²) in [5, 5.41) is 0. The van der Waals surface area contributed by atoms with Crippen molar-refractivity contribution in [3.05, 3.63) is 24.3 Å². The minimum absolute atomic E-state index is 0.740. The summed E-state index contributed by atoms with van der Waals surface area (Å²) in [6.07, 6.45) is 2.82. The molecule has 0 atom stereocenters. The van der Waals surface area contributed by atoms with Gasteiger partial charge < -0.3 is 10.5 Å². The fourth-order valence-corrected chi connectivity index (χ4v) is 1.94. The Morgan fingerprint density at radius 2 is 2.24 bits per heavy atom. The molecule has 1 aliphatic rings. The molecule has 1 aromatic rings. The highest BCUT2D eigenvalue weighted by Crippen LogP contribution is 2.29. The van der Waals surface area contributed by atoms with Crippen LogP contribution in [-0.2, 0) is 0 Å². The molecule has 0 heterocycles. The Hall–Kier alpha value is -1.22. The van der Waals surface area contributed by atoms with E-state index in [4.69, 9.17) is 10.5 Å². The van der Waals surface area contributed by atoms with E-state index >= 15 is 0 Å². The predicted octanol–water partition coefficient (Wildman–Crippen LogP) is 2.38. The molecule has 1 saturated carbocycles. The molecule has 0 spiro atoms. The van der Waals surface area contributed by atoms with Crippen LogP contribution in [0.4, 0.5) is 5.69 Å². The molecule has 0 aromatic heterocycles. The van der Waals surface area contributed by atoms with Crippen LogP contribution in [0.15, 0.2) is 24.3 Å². The van der Waals surface area contributed by atoms with Gasteiger partial charge in [0, 0.05) is 24.8 Å². The lowest BCUT2D eigenvalue weighted by Gasteiger charge is -2.20. The summed E-state index contributed by atoms with van der Waals surface area (Å²) in [5.41, 5.74) is 6.46. The molecule has 0 amide bonds. The second-order valence-corrected chi connectivity index (χ2v) is 4.76. The van der Waals surface area contributed by atoms with Gasteiger partial charge in [0.25, 0.3) is 0 Å². The van der Waals surface area contributed by atoms with Gasteiger partial charge in [-0.15, -0.1) is 0 Å². The molecule has 0 aliphatic heterocycles. The van der Waals surface area contributed by atoms with E-state index in [9.17, 15) is 0 Å². The summed E-state index contributed by atoms with van der Waals surface area (Å²) < 4.78 is 5.70. The maximum atomic E-state index is 5.70. The van der Waals surface area contributed by atoms with E-state index in [-0.39, 0.29) is 0 Å². The van der Waals surface area contributed by atoms with Crippen LogP contribution in [0.5, 0.6) is 5.75 Å². The van der Waals surface area contributed by atoms with E-state index in [0.717, 1.165) is 37.1 Å². The molecule has 0 bridgehead atoms. The Balaban J connectivity index is 1.70. The molecule has 0 radical (unpaired) electrons. The first-order valence-corrected chi connectivity index (χ1v) is 6.48. The van der Waals surface area contributed by atoms with Gasteiger partial charge in [0.15, 0.2) is 0 Å². The lowest BCUT2D eigenvalue weighted by atomic mass is 10.3. The molecule has 0 saturated heterocycles. The van der Waals surface area contributed by atoms with E-state index in [1.807, 2.05) is 24.3 Å². The first-order chi connectivity index (χ1) is 8.28. The molecule has 1 fully saturated rings. The highest BCUT2D eigenvalue weighted by atomic mass is 16.5. The smallest absolute Gasteiger partial charge is 0.121 e. The van der Waals surface area contributed by atoms with Gasteiger partial charge in [-0.3, -0.25) is 4.90 Å². The van der Waals surface area contributed by atoms with E-state index < -0.39 is 0 Å². The van der Waals surface area contributed by atoms with Crippen LogP contribution in [-0.4, -0.2) is 31.1 Å². The molecular weight excluding hydrogens is 212 g/mol. The van der Waals surface area contributed by atoms with Crippen molar-refractivity contribution in [2.75, 3.05) is 32.0 Å². The molecule has 17 heavy (non-hydrogen) atoms. The van der Waals surface area contributed by atoms with Crippen molar-refractivity contribution >= 4 is 5.69 Å². The lowest BCUT2D eigenvalue weighted by Crippen LogP contribution is -2.30. The van der Waals surface area contributed by atoms with Crippen molar-refractivity contribution in [2.24, 2.45) is 5.92 Å². The SMILES string of the molecule is CCN(CCOc1cccc(N)c1)CC1CC1. The van der Waals surface area contributed by atoms with Crippen LogP contribution in [0, 0.1) is 5.92 Å². The quantitative estimate of drug-likeness (QED) is 0.736. The molecule has 2 N–H and O–H groups in total. The first-order valence-electron chi connectivity index (χ1n) is 6.48. The molecule has 94 valence electrons. The van der Waals surface area contributed by atoms with Crippen molar-refractivity contribution in [1.82, 2.24) is 4.90 Å². The number of nitrogens with two attached hydrogens (primary N) is 1. The van der Waals surface area contributed by atoms with Gasteiger partial charge in [-0.2, -0.15) is 0 Å². The number of ether oxygens (including phenoxy) is 1. The topological polar surface area (TPSA) is 38.5 Å². The van der Waals surface area contributed by atoms with Crippen molar-refractivity contribution < 1.29 is 4.74 Å². The average Bonchev–Trinajstić information content (AvgIpc) is 3.12. The van der Waals surface area contributed by atoms with Crippen LogP contribution < -0.4 is 10.5 Å². The Kier molecular flexibility index (Phi) is 4.26. The van der Waals surface area contributed by atoms with Crippen LogP contribution in [0.3, 0.4) is 0 Å². The van der Waals surface area contributed by atoms with Crippen LogP contribution >= 0.6 is 0 Å². The van der Waals surface area contributed by atoms with Gasteiger partial charge in [0.1, 0.15) is 12.4 Å². The third kappa shape index (κ3) is 4.27. The zero-order chi connectivity index (χ0) is 12.1. The number of nitrogens with zero attached hydrogens (tertiary/aromatic N) is 1.